The van der Waals surface area contributed by atoms with E-state index >= 15 is 0 Å². The summed E-state index contributed by atoms with van der Waals surface area (Å²) in [5.74, 6) is 1.58. The molecular formula is C15H28N2O. The molecule has 0 aromatic heterocycles. The van der Waals surface area contributed by atoms with E-state index in [1.54, 1.807) is 0 Å². The largest absolute Gasteiger partial charge is 0.356 e. The standard InChI is InChI=1S/C15H28N2O/c18-15(10-13-6-3-1-2-4-7-13)17-12-14-8-5-9-16-11-14/h13-14,16H,1-12H2,(H,17,18). The minimum absolute atomic E-state index is 0.285. The van der Waals surface area contributed by atoms with E-state index in [9.17, 15) is 4.79 Å². The molecule has 0 spiro atoms. The van der Waals surface area contributed by atoms with E-state index < -0.39 is 0 Å². The quantitative estimate of drug-likeness (QED) is 0.755. The Hall–Kier alpha value is -0.570. The van der Waals surface area contributed by atoms with Gasteiger partial charge in [0.05, 0.1) is 0 Å². The highest BCUT2D eigenvalue weighted by Crippen LogP contribution is 2.25. The Kier molecular flexibility index (Phi) is 5.98. The van der Waals surface area contributed by atoms with Crippen molar-refractivity contribution in [2.45, 2.75) is 57.8 Å². The van der Waals surface area contributed by atoms with Crippen LogP contribution in [-0.2, 0) is 4.79 Å². The summed E-state index contributed by atoms with van der Waals surface area (Å²) in [6, 6.07) is 0. The summed E-state index contributed by atoms with van der Waals surface area (Å²) in [7, 11) is 0. The lowest BCUT2D eigenvalue weighted by atomic mass is 9.95. The van der Waals surface area contributed by atoms with Gasteiger partial charge in [0.15, 0.2) is 0 Å². The van der Waals surface area contributed by atoms with Crippen LogP contribution < -0.4 is 10.6 Å². The molecule has 2 rings (SSSR count). The summed E-state index contributed by atoms with van der Waals surface area (Å²) in [4.78, 5) is 11.9. The maximum absolute atomic E-state index is 11.9. The zero-order valence-corrected chi connectivity index (χ0v) is 11.5. The van der Waals surface area contributed by atoms with Gasteiger partial charge in [-0.3, -0.25) is 4.79 Å². The molecule has 1 atom stereocenters. The third kappa shape index (κ3) is 4.97. The molecule has 2 fully saturated rings. The molecule has 3 nitrogen and oxygen atoms in total. The lowest BCUT2D eigenvalue weighted by molar-refractivity contribution is -0.122. The topological polar surface area (TPSA) is 41.1 Å². The van der Waals surface area contributed by atoms with Gasteiger partial charge in [0, 0.05) is 13.0 Å². The number of carbonyl (C=O) groups excluding carboxylic acids is 1. The van der Waals surface area contributed by atoms with Crippen LogP contribution >= 0.6 is 0 Å². The van der Waals surface area contributed by atoms with Gasteiger partial charge in [0.25, 0.3) is 0 Å². The summed E-state index contributed by atoms with van der Waals surface area (Å²) in [5, 5.41) is 6.54. The summed E-state index contributed by atoms with van der Waals surface area (Å²) in [6.45, 7) is 3.09. The van der Waals surface area contributed by atoms with E-state index in [0.29, 0.717) is 11.8 Å². The van der Waals surface area contributed by atoms with Crippen LogP contribution in [0.4, 0.5) is 0 Å². The normalized spacial score (nSPS) is 26.6. The Labute approximate surface area is 111 Å². The van der Waals surface area contributed by atoms with Crippen molar-refractivity contribution in [1.29, 1.82) is 0 Å². The molecule has 104 valence electrons. The molecule has 2 N–H and O–H groups in total. The number of carbonyl (C=O) groups is 1. The number of hydrogen-bond acceptors (Lipinski definition) is 2. The molecule has 3 heteroatoms. The van der Waals surface area contributed by atoms with E-state index in [-0.39, 0.29) is 5.91 Å². The Morgan fingerprint density at radius 2 is 1.72 bits per heavy atom. The van der Waals surface area contributed by atoms with Crippen molar-refractivity contribution in [2.24, 2.45) is 11.8 Å². The third-order valence-electron chi connectivity index (χ3n) is 4.44. The SMILES string of the molecule is O=C(CC1CCCCCC1)NCC1CCCNC1. The lowest BCUT2D eigenvalue weighted by Gasteiger charge is -2.23. The maximum Gasteiger partial charge on any atom is 0.220 e. The molecule has 0 bridgehead atoms. The van der Waals surface area contributed by atoms with Crippen LogP contribution in [-0.4, -0.2) is 25.5 Å². The summed E-state index contributed by atoms with van der Waals surface area (Å²) >= 11 is 0. The van der Waals surface area contributed by atoms with Crippen LogP contribution in [0.2, 0.25) is 0 Å². The second-order valence-electron chi connectivity index (χ2n) is 6.08. The van der Waals surface area contributed by atoms with Crippen LogP contribution in [0.1, 0.15) is 57.8 Å². The summed E-state index contributed by atoms with van der Waals surface area (Å²) in [5.41, 5.74) is 0. The number of hydrogen-bond donors (Lipinski definition) is 2. The second kappa shape index (κ2) is 7.78. The molecule has 0 aromatic rings. The van der Waals surface area contributed by atoms with Crippen LogP contribution in [0.25, 0.3) is 0 Å². The first kappa shape index (κ1) is 13.9. The highest BCUT2D eigenvalue weighted by molar-refractivity contribution is 5.76. The van der Waals surface area contributed by atoms with Crippen molar-refractivity contribution in [3.05, 3.63) is 0 Å². The fourth-order valence-electron chi connectivity index (χ4n) is 3.26. The maximum atomic E-state index is 11.9. The predicted molar refractivity (Wildman–Crippen MR) is 74.4 cm³/mol. The molecule has 2 aliphatic rings. The first-order valence-corrected chi connectivity index (χ1v) is 7.82. The molecule has 1 saturated carbocycles. The Morgan fingerprint density at radius 1 is 1.00 bits per heavy atom. The Bertz CT molecular complexity index is 241. The van der Waals surface area contributed by atoms with Gasteiger partial charge in [0.1, 0.15) is 0 Å². The van der Waals surface area contributed by atoms with E-state index in [1.165, 1.54) is 51.4 Å². The fraction of sp³-hybridized carbons (Fsp3) is 0.933. The zero-order chi connectivity index (χ0) is 12.6. The first-order chi connectivity index (χ1) is 8.84. The minimum atomic E-state index is 0.285. The van der Waals surface area contributed by atoms with Crippen LogP contribution in [0.3, 0.4) is 0 Å². The fourth-order valence-corrected chi connectivity index (χ4v) is 3.26. The van der Waals surface area contributed by atoms with Crippen LogP contribution in [0.5, 0.6) is 0 Å². The van der Waals surface area contributed by atoms with Crippen molar-refractivity contribution in [3.63, 3.8) is 0 Å². The number of piperidine rings is 1. The molecular weight excluding hydrogens is 224 g/mol. The van der Waals surface area contributed by atoms with Gasteiger partial charge in [-0.1, -0.05) is 25.7 Å². The Morgan fingerprint density at radius 3 is 2.39 bits per heavy atom. The second-order valence-corrected chi connectivity index (χ2v) is 6.08. The molecule has 1 heterocycles. The van der Waals surface area contributed by atoms with Crippen molar-refractivity contribution in [3.8, 4) is 0 Å². The molecule has 18 heavy (non-hydrogen) atoms. The number of amides is 1. The van der Waals surface area contributed by atoms with Gasteiger partial charge in [-0.25, -0.2) is 0 Å². The molecule has 1 unspecified atom stereocenters. The van der Waals surface area contributed by atoms with Crippen molar-refractivity contribution < 1.29 is 4.79 Å². The summed E-state index contributed by atoms with van der Waals surface area (Å²) < 4.78 is 0. The smallest absolute Gasteiger partial charge is 0.220 e. The average Bonchev–Trinajstić information content (AvgIpc) is 2.66. The van der Waals surface area contributed by atoms with Gasteiger partial charge in [-0.2, -0.15) is 0 Å². The predicted octanol–water partition coefficient (Wildman–Crippen LogP) is 2.46. The van der Waals surface area contributed by atoms with E-state index in [2.05, 4.69) is 10.6 Å². The van der Waals surface area contributed by atoms with Crippen molar-refractivity contribution >= 4 is 5.91 Å². The molecule has 1 amide bonds. The van der Waals surface area contributed by atoms with E-state index in [4.69, 9.17) is 0 Å². The summed E-state index contributed by atoms with van der Waals surface area (Å²) in [6.07, 6.45) is 11.2. The lowest BCUT2D eigenvalue weighted by Crippen LogP contribution is -2.38. The van der Waals surface area contributed by atoms with Crippen molar-refractivity contribution in [2.75, 3.05) is 19.6 Å². The number of nitrogens with one attached hydrogen (secondary N) is 2. The molecule has 1 saturated heterocycles. The third-order valence-corrected chi connectivity index (χ3v) is 4.44. The highest BCUT2D eigenvalue weighted by Gasteiger charge is 2.17. The van der Waals surface area contributed by atoms with Gasteiger partial charge in [-0.05, 0) is 50.6 Å². The molecule has 0 radical (unpaired) electrons. The van der Waals surface area contributed by atoms with Crippen LogP contribution in [0, 0.1) is 11.8 Å². The molecule has 1 aliphatic heterocycles. The monoisotopic (exact) mass is 252 g/mol. The highest BCUT2D eigenvalue weighted by atomic mass is 16.1. The zero-order valence-electron chi connectivity index (χ0n) is 11.5. The first-order valence-electron chi connectivity index (χ1n) is 7.82. The molecule has 1 aliphatic carbocycles. The average molecular weight is 252 g/mol. The minimum Gasteiger partial charge on any atom is -0.356 e. The molecule has 0 aromatic carbocycles. The number of rotatable bonds is 4. The van der Waals surface area contributed by atoms with Gasteiger partial charge in [-0.15, -0.1) is 0 Å². The van der Waals surface area contributed by atoms with Crippen LogP contribution in [0.15, 0.2) is 0 Å². The van der Waals surface area contributed by atoms with Crippen molar-refractivity contribution in [1.82, 2.24) is 10.6 Å². The van der Waals surface area contributed by atoms with Gasteiger partial charge in [0.2, 0.25) is 5.91 Å². The van der Waals surface area contributed by atoms with Gasteiger partial charge >= 0.3 is 0 Å². The van der Waals surface area contributed by atoms with E-state index in [0.717, 1.165) is 26.1 Å². The van der Waals surface area contributed by atoms with Gasteiger partial charge < -0.3 is 10.6 Å². The van der Waals surface area contributed by atoms with E-state index in [1.807, 2.05) is 0 Å². The Balaban J connectivity index is 1.61.